The van der Waals surface area contributed by atoms with Crippen molar-refractivity contribution in [3.8, 4) is 11.5 Å². The zero-order valence-electron chi connectivity index (χ0n) is 17.1. The van der Waals surface area contributed by atoms with Gasteiger partial charge in [0, 0.05) is 17.7 Å². The number of furan rings is 1. The molecular weight excluding hydrogens is 384 g/mol. The molecule has 7 nitrogen and oxygen atoms in total. The van der Waals surface area contributed by atoms with Crippen LogP contribution in [0.2, 0.25) is 0 Å². The Morgan fingerprint density at radius 2 is 1.93 bits per heavy atom. The van der Waals surface area contributed by atoms with Gasteiger partial charge < -0.3 is 24.5 Å². The number of amides is 2. The second kappa shape index (κ2) is 8.65. The first-order valence-corrected chi connectivity index (χ1v) is 10.2. The van der Waals surface area contributed by atoms with Crippen LogP contribution in [0, 0.1) is 11.8 Å². The van der Waals surface area contributed by atoms with E-state index in [1.165, 1.54) is 33.3 Å². The fourth-order valence-electron chi connectivity index (χ4n) is 4.51. The SMILES string of the molecule is COc1ccc(C(=O)N/C(=C\c2ccco2)C(=O)N[C@H]2C[C@H]3CC[C@@H]2C3)cc1OC. The third-order valence-electron chi connectivity index (χ3n) is 6.02. The van der Waals surface area contributed by atoms with Gasteiger partial charge in [0.1, 0.15) is 11.5 Å². The van der Waals surface area contributed by atoms with Crippen molar-refractivity contribution in [2.24, 2.45) is 11.8 Å². The monoisotopic (exact) mass is 410 g/mol. The molecule has 1 aromatic carbocycles. The van der Waals surface area contributed by atoms with Crippen molar-refractivity contribution in [2.45, 2.75) is 31.7 Å². The molecule has 0 saturated heterocycles. The topological polar surface area (TPSA) is 89.8 Å². The van der Waals surface area contributed by atoms with Crippen molar-refractivity contribution < 1.29 is 23.5 Å². The Balaban J connectivity index is 1.53. The molecule has 2 aromatic rings. The Hall–Kier alpha value is -3.22. The van der Waals surface area contributed by atoms with Gasteiger partial charge in [0.15, 0.2) is 11.5 Å². The van der Waals surface area contributed by atoms with Crippen molar-refractivity contribution in [1.82, 2.24) is 10.6 Å². The van der Waals surface area contributed by atoms with Gasteiger partial charge in [-0.05, 0) is 61.4 Å². The Bertz CT molecular complexity index is 951. The highest BCUT2D eigenvalue weighted by molar-refractivity contribution is 6.05. The largest absolute Gasteiger partial charge is 0.493 e. The van der Waals surface area contributed by atoms with E-state index < -0.39 is 5.91 Å². The predicted molar refractivity (Wildman–Crippen MR) is 111 cm³/mol. The average molecular weight is 410 g/mol. The van der Waals surface area contributed by atoms with E-state index in [2.05, 4.69) is 10.6 Å². The molecule has 2 aliphatic carbocycles. The van der Waals surface area contributed by atoms with Crippen molar-refractivity contribution in [3.63, 3.8) is 0 Å². The highest BCUT2D eigenvalue weighted by Gasteiger charge is 2.40. The first-order chi connectivity index (χ1) is 14.6. The lowest BCUT2D eigenvalue weighted by Crippen LogP contribution is -2.42. The van der Waals surface area contributed by atoms with E-state index in [0.29, 0.717) is 34.7 Å². The summed E-state index contributed by atoms with van der Waals surface area (Å²) < 4.78 is 15.8. The van der Waals surface area contributed by atoms with Crippen molar-refractivity contribution in [1.29, 1.82) is 0 Å². The third-order valence-corrected chi connectivity index (χ3v) is 6.02. The summed E-state index contributed by atoms with van der Waals surface area (Å²) in [5.74, 6) is 1.96. The van der Waals surface area contributed by atoms with Gasteiger partial charge in [-0.1, -0.05) is 6.42 Å². The Kier molecular flexibility index (Phi) is 5.79. The molecule has 30 heavy (non-hydrogen) atoms. The van der Waals surface area contributed by atoms with Gasteiger partial charge >= 0.3 is 0 Å². The van der Waals surface area contributed by atoms with E-state index in [1.54, 1.807) is 36.4 Å². The van der Waals surface area contributed by atoms with Crippen molar-refractivity contribution in [2.75, 3.05) is 14.2 Å². The fraction of sp³-hybridized carbons (Fsp3) is 0.391. The molecule has 2 amide bonds. The van der Waals surface area contributed by atoms with Gasteiger partial charge in [-0.2, -0.15) is 0 Å². The van der Waals surface area contributed by atoms with Crippen LogP contribution < -0.4 is 20.1 Å². The van der Waals surface area contributed by atoms with Crippen molar-refractivity contribution in [3.05, 3.63) is 53.6 Å². The first kappa shape index (κ1) is 20.1. The van der Waals surface area contributed by atoms with Gasteiger partial charge in [0.05, 0.1) is 20.5 Å². The minimum absolute atomic E-state index is 0.146. The molecule has 7 heteroatoms. The Labute approximate surface area is 175 Å². The number of carbonyl (C=O) groups excluding carboxylic acids is 2. The molecule has 1 aromatic heterocycles. The lowest BCUT2D eigenvalue weighted by Gasteiger charge is -2.23. The lowest BCUT2D eigenvalue weighted by atomic mass is 9.95. The fourth-order valence-corrected chi connectivity index (χ4v) is 4.51. The first-order valence-electron chi connectivity index (χ1n) is 10.2. The summed E-state index contributed by atoms with van der Waals surface area (Å²) in [7, 11) is 3.03. The number of benzene rings is 1. The summed E-state index contributed by atoms with van der Waals surface area (Å²) in [4.78, 5) is 25.9. The number of rotatable bonds is 7. The summed E-state index contributed by atoms with van der Waals surface area (Å²) in [5, 5.41) is 5.84. The molecule has 2 fully saturated rings. The zero-order chi connectivity index (χ0) is 21.1. The van der Waals surface area contributed by atoms with Crippen LogP contribution in [0.1, 0.15) is 41.8 Å². The quantitative estimate of drug-likeness (QED) is 0.683. The van der Waals surface area contributed by atoms with E-state index >= 15 is 0 Å². The van der Waals surface area contributed by atoms with Crippen LogP contribution in [-0.4, -0.2) is 32.1 Å². The van der Waals surface area contributed by atoms with E-state index in [1.807, 2.05) is 0 Å². The number of methoxy groups -OCH3 is 2. The van der Waals surface area contributed by atoms with E-state index in [4.69, 9.17) is 13.9 Å². The number of ether oxygens (including phenoxy) is 2. The smallest absolute Gasteiger partial charge is 0.268 e. The molecule has 2 aliphatic rings. The highest BCUT2D eigenvalue weighted by atomic mass is 16.5. The standard InChI is InChI=1S/C23H26N2O5/c1-28-20-8-7-16(12-21(20)29-2)22(26)25-19(13-17-4-3-9-30-17)23(27)24-18-11-14-5-6-15(18)10-14/h3-4,7-9,12-15,18H,5-6,10-11H2,1-2H3,(H,24,27)(H,25,26)/b19-13-/t14-,15+,18-/m0/s1. The molecule has 4 rings (SSSR count). The number of carbonyl (C=O) groups is 2. The number of hydrogen-bond acceptors (Lipinski definition) is 5. The number of hydrogen-bond donors (Lipinski definition) is 2. The maximum absolute atomic E-state index is 13.0. The van der Waals surface area contributed by atoms with Crippen LogP contribution in [0.5, 0.6) is 11.5 Å². The normalized spacial score (nSPS) is 22.6. The van der Waals surface area contributed by atoms with E-state index in [0.717, 1.165) is 12.8 Å². The van der Waals surface area contributed by atoms with Crippen molar-refractivity contribution >= 4 is 17.9 Å². The van der Waals surface area contributed by atoms with Crippen LogP contribution in [0.3, 0.4) is 0 Å². The Morgan fingerprint density at radius 3 is 2.57 bits per heavy atom. The third kappa shape index (κ3) is 4.20. The molecule has 158 valence electrons. The molecule has 3 atom stereocenters. The molecule has 0 unspecified atom stereocenters. The second-order valence-electron chi connectivity index (χ2n) is 7.85. The van der Waals surface area contributed by atoms with Crippen LogP contribution in [0.25, 0.3) is 6.08 Å². The molecule has 1 heterocycles. The van der Waals surface area contributed by atoms with Gasteiger partial charge in [-0.15, -0.1) is 0 Å². The molecule has 0 aliphatic heterocycles. The second-order valence-corrected chi connectivity index (χ2v) is 7.85. The maximum Gasteiger partial charge on any atom is 0.268 e. The predicted octanol–water partition coefficient (Wildman–Crippen LogP) is 3.37. The van der Waals surface area contributed by atoms with E-state index in [9.17, 15) is 9.59 Å². The summed E-state index contributed by atoms with van der Waals surface area (Å²) >= 11 is 0. The van der Waals surface area contributed by atoms with E-state index in [-0.39, 0.29) is 17.6 Å². The molecule has 2 N–H and O–H groups in total. The maximum atomic E-state index is 13.0. The highest BCUT2D eigenvalue weighted by Crippen LogP contribution is 2.44. The van der Waals surface area contributed by atoms with Gasteiger partial charge in [0.2, 0.25) is 0 Å². The minimum atomic E-state index is -0.420. The van der Waals surface area contributed by atoms with Gasteiger partial charge in [-0.25, -0.2) is 0 Å². The van der Waals surface area contributed by atoms with Crippen LogP contribution in [0.15, 0.2) is 46.7 Å². The number of fused-ring (bicyclic) bond motifs is 2. The Morgan fingerprint density at radius 1 is 1.10 bits per heavy atom. The minimum Gasteiger partial charge on any atom is -0.493 e. The molecule has 2 bridgehead atoms. The summed E-state index contributed by atoms with van der Waals surface area (Å²) in [6.07, 6.45) is 7.66. The molecule has 0 spiro atoms. The van der Waals surface area contributed by atoms with Crippen LogP contribution >= 0.6 is 0 Å². The molecule has 0 radical (unpaired) electrons. The summed E-state index contributed by atoms with van der Waals surface area (Å²) in [6, 6.07) is 8.47. The lowest BCUT2D eigenvalue weighted by molar-refractivity contribution is -0.118. The van der Waals surface area contributed by atoms with Crippen LogP contribution in [-0.2, 0) is 4.79 Å². The average Bonchev–Trinajstić information content (AvgIpc) is 3.51. The summed E-state index contributed by atoms with van der Waals surface area (Å²) in [6.45, 7) is 0. The zero-order valence-corrected chi connectivity index (χ0v) is 17.1. The van der Waals surface area contributed by atoms with Gasteiger partial charge in [0.25, 0.3) is 11.8 Å². The molecule has 2 saturated carbocycles. The summed E-state index contributed by atoms with van der Waals surface area (Å²) in [5.41, 5.74) is 0.498. The number of nitrogens with one attached hydrogen (secondary N) is 2. The van der Waals surface area contributed by atoms with Crippen LogP contribution in [0.4, 0.5) is 0 Å². The molecular formula is C23H26N2O5. The van der Waals surface area contributed by atoms with Gasteiger partial charge in [-0.3, -0.25) is 9.59 Å².